The predicted octanol–water partition coefficient (Wildman–Crippen LogP) is 0.929. The van der Waals surface area contributed by atoms with Gasteiger partial charge >= 0.3 is 0 Å². The number of rotatable bonds is 1. The second-order valence-electron chi connectivity index (χ2n) is 1.77. The van der Waals surface area contributed by atoms with Crippen LogP contribution in [0.25, 0.3) is 0 Å². The molecule has 0 aromatic heterocycles. The van der Waals surface area contributed by atoms with Gasteiger partial charge in [0.2, 0.25) is 0 Å². The topological polar surface area (TPSA) is 24.4 Å². The first kappa shape index (κ1) is 5.69. The van der Waals surface area contributed by atoms with Crippen LogP contribution in [0.3, 0.4) is 0 Å². The van der Waals surface area contributed by atoms with Gasteiger partial charge in [0.1, 0.15) is 4.99 Å². The van der Waals surface area contributed by atoms with Crippen molar-refractivity contribution in [2.75, 3.05) is 0 Å². The Balaban J connectivity index is 2.53. The lowest BCUT2D eigenvalue weighted by Crippen LogP contribution is -2.16. The average molecular weight is 128 g/mol. The Hall–Kier alpha value is -0.440. The van der Waals surface area contributed by atoms with E-state index in [4.69, 9.17) is 12.2 Å². The number of hydrogen-bond acceptors (Lipinski definition) is 2. The van der Waals surface area contributed by atoms with Crippen LogP contribution in [0.1, 0.15) is 13.3 Å². The van der Waals surface area contributed by atoms with Crippen LogP contribution in [0.4, 0.5) is 0 Å². The van der Waals surface area contributed by atoms with E-state index in [9.17, 15) is 0 Å². The molecule has 0 amide bonds. The number of nitrogens with one attached hydrogen (secondary N) is 1. The molecule has 0 aromatic carbocycles. The van der Waals surface area contributed by atoms with Gasteiger partial charge in [-0.1, -0.05) is 19.1 Å². The SMILES string of the molecule is CCC1C=NNC1=S. The normalized spacial score (nSPS) is 26.1. The molecule has 0 bridgehead atoms. The third-order valence-electron chi connectivity index (χ3n) is 1.21. The lowest BCUT2D eigenvalue weighted by molar-refractivity contribution is 0.882. The van der Waals surface area contributed by atoms with Crippen LogP contribution in [0.2, 0.25) is 0 Å². The van der Waals surface area contributed by atoms with Crippen molar-refractivity contribution in [3.63, 3.8) is 0 Å². The molecular weight excluding hydrogens is 120 g/mol. The second kappa shape index (κ2) is 2.22. The molecule has 0 saturated carbocycles. The van der Waals surface area contributed by atoms with Gasteiger partial charge in [-0.2, -0.15) is 5.10 Å². The fraction of sp³-hybridized carbons (Fsp3) is 0.600. The number of hydrazone groups is 1. The van der Waals surface area contributed by atoms with Gasteiger partial charge in [0.15, 0.2) is 0 Å². The van der Waals surface area contributed by atoms with Gasteiger partial charge in [-0.05, 0) is 6.42 Å². The Labute approximate surface area is 54.0 Å². The van der Waals surface area contributed by atoms with E-state index >= 15 is 0 Å². The fourth-order valence-corrected chi connectivity index (χ4v) is 0.913. The lowest BCUT2D eigenvalue weighted by Gasteiger charge is -1.98. The summed E-state index contributed by atoms with van der Waals surface area (Å²) in [5.74, 6) is 0.394. The molecule has 44 valence electrons. The first-order chi connectivity index (χ1) is 3.84. The van der Waals surface area contributed by atoms with E-state index < -0.39 is 0 Å². The summed E-state index contributed by atoms with van der Waals surface area (Å²) in [4.78, 5) is 0.854. The van der Waals surface area contributed by atoms with Crippen molar-refractivity contribution in [2.45, 2.75) is 13.3 Å². The minimum atomic E-state index is 0.394. The van der Waals surface area contributed by atoms with Gasteiger partial charge in [-0.3, -0.25) is 5.43 Å². The zero-order chi connectivity index (χ0) is 5.98. The van der Waals surface area contributed by atoms with Gasteiger partial charge in [0, 0.05) is 12.1 Å². The third kappa shape index (κ3) is 0.865. The van der Waals surface area contributed by atoms with Crippen molar-refractivity contribution in [1.82, 2.24) is 5.43 Å². The van der Waals surface area contributed by atoms with Crippen LogP contribution in [0, 0.1) is 5.92 Å². The molecule has 1 unspecified atom stereocenters. The molecule has 0 aromatic rings. The van der Waals surface area contributed by atoms with Gasteiger partial charge in [-0.25, -0.2) is 0 Å². The molecule has 2 nitrogen and oxygen atoms in total. The minimum Gasteiger partial charge on any atom is -0.271 e. The van der Waals surface area contributed by atoms with E-state index in [1.54, 1.807) is 0 Å². The summed E-state index contributed by atoms with van der Waals surface area (Å²) >= 11 is 4.90. The van der Waals surface area contributed by atoms with Crippen LogP contribution in [-0.4, -0.2) is 11.2 Å². The standard InChI is InChI=1S/C5H8N2S/c1-2-4-3-6-7-5(4)8/h3-4H,2H2,1H3,(H,7,8). The van der Waals surface area contributed by atoms with Crippen LogP contribution >= 0.6 is 12.2 Å². The quantitative estimate of drug-likeness (QED) is 0.531. The molecule has 1 aliphatic rings. The van der Waals surface area contributed by atoms with Crippen molar-refractivity contribution in [3.8, 4) is 0 Å². The summed E-state index contributed by atoms with van der Waals surface area (Å²) in [6.07, 6.45) is 2.90. The zero-order valence-electron chi connectivity index (χ0n) is 4.72. The molecule has 1 rings (SSSR count). The molecule has 0 saturated heterocycles. The van der Waals surface area contributed by atoms with Crippen LogP contribution in [0.5, 0.6) is 0 Å². The summed E-state index contributed by atoms with van der Waals surface area (Å²) in [6.45, 7) is 2.09. The molecule has 1 heterocycles. The Morgan fingerprint density at radius 2 is 2.75 bits per heavy atom. The van der Waals surface area contributed by atoms with Gasteiger partial charge in [0.25, 0.3) is 0 Å². The summed E-state index contributed by atoms with van der Waals surface area (Å²) in [7, 11) is 0. The number of nitrogens with zero attached hydrogens (tertiary/aromatic N) is 1. The summed E-state index contributed by atoms with van der Waals surface area (Å²) < 4.78 is 0. The Kier molecular flexibility index (Phi) is 1.58. The average Bonchev–Trinajstić information content (AvgIpc) is 2.14. The highest BCUT2D eigenvalue weighted by molar-refractivity contribution is 7.80. The van der Waals surface area contributed by atoms with E-state index in [0.717, 1.165) is 11.4 Å². The van der Waals surface area contributed by atoms with Crippen molar-refractivity contribution < 1.29 is 0 Å². The van der Waals surface area contributed by atoms with Crippen molar-refractivity contribution in [3.05, 3.63) is 0 Å². The van der Waals surface area contributed by atoms with E-state index in [2.05, 4.69) is 17.5 Å². The summed E-state index contributed by atoms with van der Waals surface area (Å²) in [6, 6.07) is 0. The third-order valence-corrected chi connectivity index (χ3v) is 1.60. The Bertz CT molecular complexity index is 130. The van der Waals surface area contributed by atoms with Crippen molar-refractivity contribution in [2.24, 2.45) is 11.0 Å². The first-order valence-electron chi connectivity index (χ1n) is 2.67. The van der Waals surface area contributed by atoms with E-state index in [-0.39, 0.29) is 0 Å². The summed E-state index contributed by atoms with van der Waals surface area (Å²) in [5.41, 5.74) is 2.72. The molecule has 0 aliphatic carbocycles. The highest BCUT2D eigenvalue weighted by Gasteiger charge is 2.12. The van der Waals surface area contributed by atoms with Crippen molar-refractivity contribution in [1.29, 1.82) is 0 Å². The molecule has 0 spiro atoms. The second-order valence-corrected chi connectivity index (χ2v) is 2.21. The molecule has 0 fully saturated rings. The molecule has 8 heavy (non-hydrogen) atoms. The molecular formula is C5H8N2S. The Morgan fingerprint density at radius 1 is 2.00 bits per heavy atom. The molecule has 1 atom stereocenters. The maximum absolute atomic E-state index is 4.90. The predicted molar refractivity (Wildman–Crippen MR) is 38.0 cm³/mol. The molecule has 3 heteroatoms. The van der Waals surface area contributed by atoms with Crippen molar-refractivity contribution >= 4 is 23.4 Å². The zero-order valence-corrected chi connectivity index (χ0v) is 5.53. The first-order valence-corrected chi connectivity index (χ1v) is 3.08. The lowest BCUT2D eigenvalue weighted by atomic mass is 10.1. The monoisotopic (exact) mass is 128 g/mol. The Morgan fingerprint density at radius 3 is 3.00 bits per heavy atom. The molecule has 1 aliphatic heterocycles. The number of hydrogen-bond donors (Lipinski definition) is 1. The van der Waals surface area contributed by atoms with Gasteiger partial charge < -0.3 is 0 Å². The van der Waals surface area contributed by atoms with Gasteiger partial charge in [0.05, 0.1) is 0 Å². The maximum Gasteiger partial charge on any atom is 0.105 e. The van der Waals surface area contributed by atoms with Crippen LogP contribution < -0.4 is 5.43 Å². The van der Waals surface area contributed by atoms with Crippen LogP contribution in [-0.2, 0) is 0 Å². The smallest absolute Gasteiger partial charge is 0.105 e. The fourth-order valence-electron chi connectivity index (χ4n) is 0.632. The van der Waals surface area contributed by atoms with E-state index in [1.165, 1.54) is 0 Å². The number of thiocarbonyl (C=S) groups is 1. The minimum absolute atomic E-state index is 0.394. The largest absolute Gasteiger partial charge is 0.271 e. The van der Waals surface area contributed by atoms with E-state index in [0.29, 0.717) is 5.92 Å². The molecule has 1 N–H and O–H groups in total. The maximum atomic E-state index is 4.90. The molecule has 0 radical (unpaired) electrons. The van der Waals surface area contributed by atoms with Gasteiger partial charge in [-0.15, -0.1) is 0 Å². The summed E-state index contributed by atoms with van der Waals surface area (Å²) in [5, 5.41) is 3.80. The van der Waals surface area contributed by atoms with E-state index in [1.807, 2.05) is 6.21 Å². The highest BCUT2D eigenvalue weighted by Crippen LogP contribution is 2.04. The highest BCUT2D eigenvalue weighted by atomic mass is 32.1. The van der Waals surface area contributed by atoms with Crippen LogP contribution in [0.15, 0.2) is 5.10 Å².